The summed E-state index contributed by atoms with van der Waals surface area (Å²) in [6.07, 6.45) is -0.754. The lowest BCUT2D eigenvalue weighted by Crippen LogP contribution is -2.38. The zero-order valence-corrected chi connectivity index (χ0v) is 11.0. The Kier molecular flexibility index (Phi) is 5.61. The summed E-state index contributed by atoms with van der Waals surface area (Å²) in [5.74, 6) is -0.411. The van der Waals surface area contributed by atoms with Gasteiger partial charge in [-0.25, -0.2) is 4.79 Å². The van der Waals surface area contributed by atoms with E-state index in [4.69, 9.17) is 11.6 Å². The molecule has 1 aromatic rings. The van der Waals surface area contributed by atoms with Gasteiger partial charge < -0.3 is 4.74 Å². The van der Waals surface area contributed by atoms with E-state index in [1.165, 1.54) is 7.11 Å². The minimum atomic E-state index is -0.754. The summed E-state index contributed by atoms with van der Waals surface area (Å²) in [5, 5.41) is 2.74. The molecule has 0 spiro atoms. The third kappa shape index (κ3) is 5.16. The Morgan fingerprint density at radius 1 is 1.44 bits per heavy atom. The lowest BCUT2D eigenvalue weighted by Gasteiger charge is -2.15. The fraction of sp³-hybridized carbons (Fsp3) is 0.333. The molecule has 1 aromatic carbocycles. The minimum Gasteiger partial charge on any atom is -0.453 e. The number of nitrogens with one attached hydrogen (secondary N) is 1. The van der Waals surface area contributed by atoms with Crippen molar-refractivity contribution in [3.63, 3.8) is 0 Å². The fourth-order valence-electron chi connectivity index (χ4n) is 1.45. The smallest absolute Gasteiger partial charge is 0.413 e. The molecule has 0 fully saturated rings. The van der Waals surface area contributed by atoms with Gasteiger partial charge in [0.05, 0.1) is 13.7 Å². The number of hydrogen-bond acceptors (Lipinski definition) is 4. The van der Waals surface area contributed by atoms with Gasteiger partial charge in [-0.05, 0) is 24.7 Å². The first-order valence-electron chi connectivity index (χ1n) is 5.32. The quantitative estimate of drug-likeness (QED) is 0.904. The SMILES string of the molecule is COC(=O)NC(=O)CN(C)Cc1cccc(Cl)c1. The highest BCUT2D eigenvalue weighted by atomic mass is 35.5. The predicted molar refractivity (Wildman–Crippen MR) is 68.3 cm³/mol. The van der Waals surface area contributed by atoms with Gasteiger partial charge in [0.2, 0.25) is 5.91 Å². The predicted octanol–water partition coefficient (Wildman–Crippen LogP) is 1.65. The number of hydrogen-bond donors (Lipinski definition) is 1. The number of likely N-dealkylation sites (N-methyl/N-ethyl adjacent to an activating group) is 1. The molecule has 0 atom stereocenters. The normalized spacial score (nSPS) is 10.2. The number of ether oxygens (including phenoxy) is 1. The van der Waals surface area contributed by atoms with Crippen molar-refractivity contribution in [2.45, 2.75) is 6.54 Å². The number of carbonyl (C=O) groups is 2. The van der Waals surface area contributed by atoms with Crippen LogP contribution in [-0.2, 0) is 16.1 Å². The van der Waals surface area contributed by atoms with Gasteiger partial charge in [0, 0.05) is 11.6 Å². The van der Waals surface area contributed by atoms with Crippen molar-refractivity contribution in [3.05, 3.63) is 34.9 Å². The van der Waals surface area contributed by atoms with Crippen LogP contribution in [0.1, 0.15) is 5.56 Å². The summed E-state index contributed by atoms with van der Waals surface area (Å²) >= 11 is 5.86. The average Bonchev–Trinajstić information content (AvgIpc) is 2.28. The van der Waals surface area contributed by atoms with E-state index in [0.29, 0.717) is 11.6 Å². The van der Waals surface area contributed by atoms with Crippen LogP contribution in [0.5, 0.6) is 0 Å². The first-order chi connectivity index (χ1) is 8.51. The summed E-state index contributed by atoms with van der Waals surface area (Å²) < 4.78 is 4.33. The van der Waals surface area contributed by atoms with E-state index in [1.54, 1.807) is 18.0 Å². The number of methoxy groups -OCH3 is 1. The topological polar surface area (TPSA) is 58.6 Å². The Hall–Kier alpha value is -1.59. The first kappa shape index (κ1) is 14.5. The number of nitrogens with zero attached hydrogens (tertiary/aromatic N) is 1. The lowest BCUT2D eigenvalue weighted by molar-refractivity contribution is -0.121. The molecule has 0 aliphatic heterocycles. The second-order valence-electron chi connectivity index (χ2n) is 3.84. The molecule has 0 unspecified atom stereocenters. The van der Waals surface area contributed by atoms with Crippen molar-refractivity contribution in [3.8, 4) is 0 Å². The van der Waals surface area contributed by atoms with Crippen LogP contribution >= 0.6 is 11.6 Å². The molecular weight excluding hydrogens is 256 g/mol. The van der Waals surface area contributed by atoms with Crippen LogP contribution in [0, 0.1) is 0 Å². The number of imide groups is 1. The molecule has 0 saturated carbocycles. The van der Waals surface area contributed by atoms with E-state index in [9.17, 15) is 9.59 Å². The maximum Gasteiger partial charge on any atom is 0.413 e. The Bertz CT molecular complexity index is 437. The first-order valence-corrected chi connectivity index (χ1v) is 5.70. The molecule has 98 valence electrons. The van der Waals surface area contributed by atoms with Gasteiger partial charge in [-0.15, -0.1) is 0 Å². The second kappa shape index (κ2) is 6.98. The van der Waals surface area contributed by atoms with Crippen LogP contribution in [0.2, 0.25) is 5.02 Å². The third-order valence-electron chi connectivity index (χ3n) is 2.18. The third-order valence-corrected chi connectivity index (χ3v) is 2.42. The zero-order valence-electron chi connectivity index (χ0n) is 10.3. The van der Waals surface area contributed by atoms with Gasteiger partial charge in [-0.2, -0.15) is 0 Å². The molecule has 6 heteroatoms. The van der Waals surface area contributed by atoms with Gasteiger partial charge >= 0.3 is 6.09 Å². The van der Waals surface area contributed by atoms with Crippen LogP contribution < -0.4 is 5.32 Å². The molecular formula is C12H15ClN2O3. The van der Waals surface area contributed by atoms with Crippen molar-refractivity contribution in [2.24, 2.45) is 0 Å². The van der Waals surface area contributed by atoms with Gasteiger partial charge in [0.1, 0.15) is 0 Å². The van der Waals surface area contributed by atoms with Crippen molar-refractivity contribution < 1.29 is 14.3 Å². The molecule has 0 aromatic heterocycles. The largest absolute Gasteiger partial charge is 0.453 e. The summed E-state index contributed by atoms with van der Waals surface area (Å²) in [5.41, 5.74) is 0.996. The van der Waals surface area contributed by atoms with Crippen molar-refractivity contribution in [1.29, 1.82) is 0 Å². The van der Waals surface area contributed by atoms with Gasteiger partial charge in [-0.3, -0.25) is 15.0 Å². The number of halogens is 1. The number of benzene rings is 1. The Labute approximate surface area is 111 Å². The highest BCUT2D eigenvalue weighted by molar-refractivity contribution is 6.30. The Morgan fingerprint density at radius 2 is 2.17 bits per heavy atom. The van der Waals surface area contributed by atoms with E-state index in [0.717, 1.165) is 5.56 Å². The van der Waals surface area contributed by atoms with Gasteiger partial charge in [0.15, 0.2) is 0 Å². The lowest BCUT2D eigenvalue weighted by atomic mass is 10.2. The molecule has 18 heavy (non-hydrogen) atoms. The molecule has 1 N–H and O–H groups in total. The average molecular weight is 271 g/mol. The number of rotatable bonds is 4. The fourth-order valence-corrected chi connectivity index (χ4v) is 1.67. The molecule has 0 saturated heterocycles. The standard InChI is InChI=1S/C12H15ClN2O3/c1-15(8-11(16)14-12(17)18-2)7-9-4-3-5-10(13)6-9/h3-6H,7-8H2,1-2H3,(H,14,16,17). The number of carbonyl (C=O) groups excluding carboxylic acids is 2. The number of alkyl carbamates (subject to hydrolysis) is 1. The van der Waals surface area contributed by atoms with Crippen LogP contribution in [0.4, 0.5) is 4.79 Å². The summed E-state index contributed by atoms with van der Waals surface area (Å²) in [6, 6.07) is 7.38. The minimum absolute atomic E-state index is 0.0988. The van der Waals surface area contributed by atoms with Gasteiger partial charge in [0.25, 0.3) is 0 Å². The van der Waals surface area contributed by atoms with Crippen LogP contribution in [0.15, 0.2) is 24.3 Å². The Balaban J connectivity index is 2.44. The van der Waals surface area contributed by atoms with Crippen LogP contribution in [0.25, 0.3) is 0 Å². The van der Waals surface area contributed by atoms with E-state index in [2.05, 4.69) is 10.1 Å². The molecule has 1 rings (SSSR count). The molecule has 0 aliphatic rings. The van der Waals surface area contributed by atoms with Crippen LogP contribution in [0.3, 0.4) is 0 Å². The second-order valence-corrected chi connectivity index (χ2v) is 4.28. The van der Waals surface area contributed by atoms with E-state index < -0.39 is 12.0 Å². The number of amides is 2. The van der Waals surface area contributed by atoms with E-state index >= 15 is 0 Å². The summed E-state index contributed by atoms with van der Waals surface area (Å²) in [4.78, 5) is 24.0. The maximum absolute atomic E-state index is 11.4. The molecule has 0 heterocycles. The van der Waals surface area contributed by atoms with Crippen molar-refractivity contribution in [2.75, 3.05) is 20.7 Å². The molecule has 0 bridgehead atoms. The van der Waals surface area contributed by atoms with Crippen LogP contribution in [-0.4, -0.2) is 37.6 Å². The zero-order chi connectivity index (χ0) is 13.5. The van der Waals surface area contributed by atoms with Gasteiger partial charge in [-0.1, -0.05) is 23.7 Å². The summed E-state index contributed by atoms with van der Waals surface area (Å²) in [6.45, 7) is 0.663. The van der Waals surface area contributed by atoms with Crippen molar-refractivity contribution in [1.82, 2.24) is 10.2 Å². The highest BCUT2D eigenvalue weighted by Gasteiger charge is 2.10. The van der Waals surface area contributed by atoms with E-state index in [-0.39, 0.29) is 6.54 Å². The van der Waals surface area contributed by atoms with E-state index in [1.807, 2.05) is 18.2 Å². The highest BCUT2D eigenvalue weighted by Crippen LogP contribution is 2.11. The molecule has 0 radical (unpaired) electrons. The van der Waals surface area contributed by atoms with Crippen molar-refractivity contribution >= 4 is 23.6 Å². The Morgan fingerprint density at radius 3 is 2.78 bits per heavy atom. The molecule has 5 nitrogen and oxygen atoms in total. The monoisotopic (exact) mass is 270 g/mol. The maximum atomic E-state index is 11.4. The summed E-state index contributed by atoms with van der Waals surface area (Å²) in [7, 11) is 2.98. The molecule has 2 amide bonds. The molecule has 0 aliphatic carbocycles.